The molecule has 0 aromatic heterocycles. The molecule has 1 heterocycles. The number of hydrogen-bond donors (Lipinski definition) is 1. The summed E-state index contributed by atoms with van der Waals surface area (Å²) in [6, 6.07) is 26.0. The van der Waals surface area contributed by atoms with Crippen LogP contribution in [0.1, 0.15) is 11.6 Å². The summed E-state index contributed by atoms with van der Waals surface area (Å²) in [5, 5.41) is 3.29. The van der Waals surface area contributed by atoms with Crippen LogP contribution >= 0.6 is 45.2 Å². The quantitative estimate of drug-likeness (QED) is 0.387. The highest BCUT2D eigenvalue weighted by Gasteiger charge is 2.34. The number of nitrogens with zero attached hydrogens (tertiary/aromatic N) is 1. The molecule has 3 aromatic rings. The van der Waals surface area contributed by atoms with Gasteiger partial charge >= 0.3 is 0 Å². The van der Waals surface area contributed by atoms with Crippen molar-refractivity contribution >= 4 is 62.5 Å². The zero-order valence-electron chi connectivity index (χ0n) is 14.3. The second-order valence-corrected chi connectivity index (χ2v) is 8.71. The maximum Gasteiger partial charge on any atom is 0.275 e. The summed E-state index contributed by atoms with van der Waals surface area (Å²) < 4.78 is 2.30. The van der Waals surface area contributed by atoms with Crippen molar-refractivity contribution in [3.05, 3.63) is 103 Å². The number of nitrogens with one attached hydrogen (secondary N) is 1. The van der Waals surface area contributed by atoms with Crippen molar-refractivity contribution in [2.24, 2.45) is 0 Å². The van der Waals surface area contributed by atoms with E-state index in [1.165, 1.54) is 0 Å². The number of amides is 1. The molecule has 0 unspecified atom stereocenters. The minimum atomic E-state index is -0.134. The van der Waals surface area contributed by atoms with Crippen LogP contribution < -0.4 is 10.2 Å². The van der Waals surface area contributed by atoms with Gasteiger partial charge < -0.3 is 5.32 Å². The lowest BCUT2D eigenvalue weighted by molar-refractivity contribution is -0.114. The first-order valence-corrected chi connectivity index (χ1v) is 10.7. The number of rotatable bonds is 4. The fourth-order valence-corrected chi connectivity index (χ4v) is 3.84. The molecule has 0 radical (unpaired) electrons. The molecule has 1 amide bonds. The Balaban J connectivity index is 1.71. The molecule has 1 aliphatic heterocycles. The first-order chi connectivity index (χ1) is 13.1. The second-order valence-electron chi connectivity index (χ2n) is 6.22. The molecule has 0 bridgehead atoms. The first kappa shape index (κ1) is 18.5. The first-order valence-electron chi connectivity index (χ1n) is 8.50. The van der Waals surface area contributed by atoms with Gasteiger partial charge in [-0.3, -0.25) is 9.69 Å². The number of benzene rings is 3. The van der Waals surface area contributed by atoms with Crippen LogP contribution in [0.15, 0.2) is 90.6 Å². The van der Waals surface area contributed by atoms with Crippen LogP contribution in [0.25, 0.3) is 0 Å². The summed E-state index contributed by atoms with van der Waals surface area (Å²) in [4.78, 5) is 15.1. The molecule has 3 nitrogen and oxygen atoms in total. The Morgan fingerprint density at radius 2 is 1.37 bits per heavy atom. The highest BCUT2D eigenvalue weighted by atomic mass is 127. The van der Waals surface area contributed by atoms with Crippen molar-refractivity contribution in [2.45, 2.75) is 6.04 Å². The van der Waals surface area contributed by atoms with Crippen molar-refractivity contribution in [3.63, 3.8) is 0 Å². The Kier molecular flexibility index (Phi) is 5.49. The highest BCUT2D eigenvalue weighted by Crippen LogP contribution is 2.36. The Labute approximate surface area is 185 Å². The molecule has 1 aliphatic rings. The van der Waals surface area contributed by atoms with Gasteiger partial charge in [0.25, 0.3) is 5.91 Å². The van der Waals surface area contributed by atoms with E-state index in [0.717, 1.165) is 24.1 Å². The Morgan fingerprint density at radius 3 is 2.00 bits per heavy atom. The van der Waals surface area contributed by atoms with Gasteiger partial charge in [0.15, 0.2) is 0 Å². The average molecular weight is 578 g/mol. The van der Waals surface area contributed by atoms with E-state index in [1.54, 1.807) is 0 Å². The minimum Gasteiger partial charge on any atom is -0.351 e. The highest BCUT2D eigenvalue weighted by molar-refractivity contribution is 14.1. The molecule has 0 saturated carbocycles. The second kappa shape index (κ2) is 8.02. The van der Waals surface area contributed by atoms with Gasteiger partial charge in [0.1, 0.15) is 5.70 Å². The van der Waals surface area contributed by atoms with Crippen molar-refractivity contribution in [2.75, 3.05) is 10.2 Å². The van der Waals surface area contributed by atoms with E-state index >= 15 is 0 Å². The summed E-state index contributed by atoms with van der Waals surface area (Å²) in [5.74, 6) is -0.0244. The number of anilines is 2. The van der Waals surface area contributed by atoms with Gasteiger partial charge in [-0.2, -0.15) is 0 Å². The molecule has 0 fully saturated rings. The number of hydrogen-bond acceptors (Lipinski definition) is 2. The summed E-state index contributed by atoms with van der Waals surface area (Å²) in [6.45, 7) is 0. The fourth-order valence-electron chi connectivity index (χ4n) is 3.12. The smallest absolute Gasteiger partial charge is 0.275 e. The van der Waals surface area contributed by atoms with Gasteiger partial charge in [0.05, 0.1) is 6.04 Å². The SMILES string of the molecule is O=C1C(Nc2ccc(I)cc2)=C[C@@H](c2ccccc2)N1c1ccc(I)cc1. The van der Waals surface area contributed by atoms with Crippen molar-refractivity contribution in [1.29, 1.82) is 0 Å². The molecule has 27 heavy (non-hydrogen) atoms. The zero-order chi connectivity index (χ0) is 18.8. The van der Waals surface area contributed by atoms with Gasteiger partial charge in [-0.1, -0.05) is 30.3 Å². The van der Waals surface area contributed by atoms with E-state index in [1.807, 2.05) is 77.7 Å². The molecule has 0 saturated heterocycles. The lowest BCUT2D eigenvalue weighted by atomic mass is 10.1. The summed E-state index contributed by atoms with van der Waals surface area (Å²) in [5.41, 5.74) is 3.49. The van der Waals surface area contributed by atoms with Crippen LogP contribution in [0.3, 0.4) is 0 Å². The fraction of sp³-hybridized carbons (Fsp3) is 0.0455. The molecular weight excluding hydrogens is 562 g/mol. The monoisotopic (exact) mass is 578 g/mol. The minimum absolute atomic E-state index is 0.0244. The van der Waals surface area contributed by atoms with Gasteiger partial charge in [-0.05, 0) is 105 Å². The van der Waals surface area contributed by atoms with E-state index in [2.05, 4.69) is 62.6 Å². The van der Waals surface area contributed by atoms with Gasteiger partial charge in [-0.15, -0.1) is 0 Å². The van der Waals surface area contributed by atoms with Crippen LogP contribution in [0.2, 0.25) is 0 Å². The number of carbonyl (C=O) groups excluding carboxylic acids is 1. The average Bonchev–Trinajstić information content (AvgIpc) is 3.01. The predicted molar refractivity (Wildman–Crippen MR) is 127 cm³/mol. The van der Waals surface area contributed by atoms with E-state index in [9.17, 15) is 4.79 Å². The number of carbonyl (C=O) groups is 1. The Hall–Kier alpha value is -1.87. The molecule has 0 aliphatic carbocycles. The normalized spacial score (nSPS) is 16.4. The van der Waals surface area contributed by atoms with Crippen LogP contribution in [0, 0.1) is 7.14 Å². The summed E-state index contributed by atoms with van der Waals surface area (Å²) in [6.07, 6.45) is 2.01. The van der Waals surface area contributed by atoms with E-state index < -0.39 is 0 Å². The molecule has 3 aromatic carbocycles. The van der Waals surface area contributed by atoms with Crippen LogP contribution in [-0.4, -0.2) is 5.91 Å². The maximum absolute atomic E-state index is 13.2. The summed E-state index contributed by atoms with van der Waals surface area (Å²) in [7, 11) is 0. The molecule has 4 rings (SSSR count). The molecule has 1 atom stereocenters. The van der Waals surface area contributed by atoms with Crippen LogP contribution in [0.5, 0.6) is 0 Å². The third-order valence-corrected chi connectivity index (χ3v) is 5.86. The lowest BCUT2D eigenvalue weighted by Crippen LogP contribution is -2.30. The van der Waals surface area contributed by atoms with Gasteiger partial charge in [0, 0.05) is 18.5 Å². The molecule has 134 valence electrons. The largest absolute Gasteiger partial charge is 0.351 e. The zero-order valence-corrected chi connectivity index (χ0v) is 18.6. The van der Waals surface area contributed by atoms with E-state index in [0.29, 0.717) is 5.70 Å². The van der Waals surface area contributed by atoms with Crippen molar-refractivity contribution in [1.82, 2.24) is 0 Å². The topological polar surface area (TPSA) is 32.3 Å². The third-order valence-electron chi connectivity index (χ3n) is 4.42. The molecule has 5 heteroatoms. The van der Waals surface area contributed by atoms with Gasteiger partial charge in [0.2, 0.25) is 0 Å². The molecule has 0 spiro atoms. The standard InChI is InChI=1S/C22H16I2N2O/c23-16-6-10-18(11-7-16)25-20-14-21(15-4-2-1-3-5-15)26(22(20)27)19-12-8-17(24)9-13-19/h1-14,21,25H/t21-/m0/s1. The van der Waals surface area contributed by atoms with E-state index in [-0.39, 0.29) is 11.9 Å². The Morgan fingerprint density at radius 1 is 0.778 bits per heavy atom. The van der Waals surface area contributed by atoms with Crippen LogP contribution in [0.4, 0.5) is 11.4 Å². The third kappa shape index (κ3) is 4.03. The maximum atomic E-state index is 13.2. The van der Waals surface area contributed by atoms with Gasteiger partial charge in [-0.25, -0.2) is 0 Å². The van der Waals surface area contributed by atoms with Crippen molar-refractivity contribution in [3.8, 4) is 0 Å². The van der Waals surface area contributed by atoms with E-state index in [4.69, 9.17) is 0 Å². The number of halogens is 2. The lowest BCUT2D eigenvalue weighted by Gasteiger charge is -2.25. The van der Waals surface area contributed by atoms with Crippen LogP contribution in [-0.2, 0) is 4.79 Å². The predicted octanol–water partition coefficient (Wildman–Crippen LogP) is 5.98. The summed E-state index contributed by atoms with van der Waals surface area (Å²) >= 11 is 4.55. The Bertz CT molecular complexity index is 983. The molecule has 1 N–H and O–H groups in total. The molecular formula is C22H16I2N2O. The van der Waals surface area contributed by atoms with Crippen molar-refractivity contribution < 1.29 is 4.79 Å².